The van der Waals surface area contributed by atoms with Gasteiger partial charge in [-0.15, -0.1) is 0 Å². The number of benzene rings is 2. The molecule has 0 spiro atoms. The van der Waals surface area contributed by atoms with Crippen LogP contribution in [-0.2, 0) is 0 Å². The van der Waals surface area contributed by atoms with Crippen LogP contribution in [0, 0.1) is 6.92 Å². The summed E-state index contributed by atoms with van der Waals surface area (Å²) < 4.78 is 1.02. The summed E-state index contributed by atoms with van der Waals surface area (Å²) in [6.45, 7) is 2.01. The fourth-order valence-corrected chi connectivity index (χ4v) is 2.58. The zero-order valence-electron chi connectivity index (χ0n) is 10.9. The second-order valence-corrected chi connectivity index (χ2v) is 5.61. The number of aromatic hydroxyl groups is 1. The van der Waals surface area contributed by atoms with E-state index in [9.17, 15) is 5.11 Å². The van der Waals surface area contributed by atoms with Crippen LogP contribution < -0.4 is 10.3 Å². The van der Waals surface area contributed by atoms with Crippen molar-refractivity contribution in [2.45, 2.75) is 6.92 Å². The molecule has 0 fully saturated rings. The lowest BCUT2D eigenvalue weighted by Crippen LogP contribution is -2.09. The van der Waals surface area contributed by atoms with E-state index in [0.29, 0.717) is 5.69 Å². The Labute approximate surface area is 125 Å². The maximum Gasteiger partial charge on any atom is 0.213 e. The highest BCUT2D eigenvalue weighted by molar-refractivity contribution is 9.10. The topological polar surface area (TPSA) is 46.4 Å². The van der Waals surface area contributed by atoms with Crippen molar-refractivity contribution in [3.05, 3.63) is 58.7 Å². The highest BCUT2D eigenvalue weighted by Gasteiger charge is 2.11. The molecule has 0 radical (unpaired) electrons. The van der Waals surface area contributed by atoms with Crippen molar-refractivity contribution < 1.29 is 10.1 Å². The van der Waals surface area contributed by atoms with Gasteiger partial charge < -0.3 is 10.4 Å². The van der Waals surface area contributed by atoms with E-state index in [1.165, 1.54) is 0 Å². The molecule has 0 bridgehead atoms. The first kappa shape index (κ1) is 12.9. The summed E-state index contributed by atoms with van der Waals surface area (Å²) in [5.74, 6) is 0.237. The Hall–Kier alpha value is -2.07. The van der Waals surface area contributed by atoms with E-state index in [2.05, 4.69) is 26.2 Å². The Kier molecular flexibility index (Phi) is 3.32. The lowest BCUT2D eigenvalue weighted by molar-refractivity contribution is -0.354. The molecule has 1 heterocycles. The van der Waals surface area contributed by atoms with Crippen molar-refractivity contribution in [2.75, 3.05) is 5.32 Å². The number of phenols is 1. The molecule has 3 N–H and O–H groups in total. The van der Waals surface area contributed by atoms with Gasteiger partial charge in [-0.1, -0.05) is 28.1 Å². The van der Waals surface area contributed by atoms with Crippen LogP contribution in [-0.4, -0.2) is 5.11 Å². The standard InChI is InChI=1S/C16H13BrN2O/c1-10-8-15(19-14-4-2-3-5-16(14)20)12-9-11(17)6-7-13(12)18-10/h2-9,20H,1H3,(H,18,19)/p+1. The summed E-state index contributed by atoms with van der Waals surface area (Å²) in [4.78, 5) is 3.33. The van der Waals surface area contributed by atoms with Gasteiger partial charge in [0.25, 0.3) is 0 Å². The number of anilines is 2. The largest absolute Gasteiger partial charge is 0.506 e. The number of H-pyrrole nitrogens is 1. The molecule has 0 saturated carbocycles. The average Bonchev–Trinajstić information content (AvgIpc) is 2.42. The van der Waals surface area contributed by atoms with Gasteiger partial charge in [0.2, 0.25) is 5.52 Å². The third-order valence-electron chi connectivity index (χ3n) is 3.14. The van der Waals surface area contributed by atoms with Gasteiger partial charge in [0, 0.05) is 23.5 Å². The van der Waals surface area contributed by atoms with Crippen LogP contribution >= 0.6 is 15.9 Å². The van der Waals surface area contributed by atoms with Crippen LogP contribution in [0.25, 0.3) is 10.9 Å². The molecule has 0 aliphatic heterocycles. The first-order valence-electron chi connectivity index (χ1n) is 6.31. The van der Waals surface area contributed by atoms with E-state index in [-0.39, 0.29) is 5.75 Å². The van der Waals surface area contributed by atoms with E-state index in [1.807, 2.05) is 43.3 Å². The Balaban J connectivity index is 2.15. The van der Waals surface area contributed by atoms with Crippen molar-refractivity contribution in [2.24, 2.45) is 0 Å². The van der Waals surface area contributed by atoms with Crippen molar-refractivity contribution >= 4 is 38.2 Å². The minimum atomic E-state index is 0.237. The van der Waals surface area contributed by atoms with Crippen molar-refractivity contribution in [3.8, 4) is 5.75 Å². The van der Waals surface area contributed by atoms with E-state index in [0.717, 1.165) is 26.8 Å². The lowest BCUT2D eigenvalue weighted by Gasteiger charge is -2.10. The van der Waals surface area contributed by atoms with Gasteiger partial charge in [-0.05, 0) is 24.3 Å². The number of hydrogen-bond acceptors (Lipinski definition) is 2. The molecule has 0 aliphatic carbocycles. The molecule has 0 saturated heterocycles. The number of aromatic amines is 1. The fourth-order valence-electron chi connectivity index (χ4n) is 2.22. The number of pyridine rings is 1. The third kappa shape index (κ3) is 2.47. The molecule has 1 aromatic heterocycles. The van der Waals surface area contributed by atoms with Gasteiger partial charge in [0.15, 0.2) is 5.69 Å². The van der Waals surface area contributed by atoms with Crippen LogP contribution in [0.5, 0.6) is 5.75 Å². The highest BCUT2D eigenvalue weighted by atomic mass is 79.9. The highest BCUT2D eigenvalue weighted by Crippen LogP contribution is 2.30. The summed E-state index contributed by atoms with van der Waals surface area (Å²) in [7, 11) is 0. The molecule has 0 atom stereocenters. The van der Waals surface area contributed by atoms with E-state index in [4.69, 9.17) is 0 Å². The van der Waals surface area contributed by atoms with Crippen molar-refractivity contribution in [1.82, 2.24) is 0 Å². The maximum absolute atomic E-state index is 9.89. The van der Waals surface area contributed by atoms with E-state index >= 15 is 0 Å². The SMILES string of the molecule is Cc1cc(Nc2ccccc2O)c2cc(Br)ccc2[nH+]1. The average molecular weight is 330 g/mol. The second kappa shape index (κ2) is 5.13. The minimum absolute atomic E-state index is 0.237. The van der Waals surface area contributed by atoms with Crippen LogP contribution in [0.4, 0.5) is 11.4 Å². The molecule has 3 aromatic rings. The molecule has 3 nitrogen and oxygen atoms in total. The lowest BCUT2D eigenvalue weighted by atomic mass is 10.1. The summed E-state index contributed by atoms with van der Waals surface area (Å²) in [5.41, 5.74) is 3.75. The Bertz CT molecular complexity index is 787. The molecular formula is C16H14BrN2O+. The molecule has 0 aliphatic rings. The second-order valence-electron chi connectivity index (χ2n) is 4.70. The molecule has 20 heavy (non-hydrogen) atoms. The normalized spacial score (nSPS) is 10.7. The first-order valence-corrected chi connectivity index (χ1v) is 7.10. The minimum Gasteiger partial charge on any atom is -0.506 e. The van der Waals surface area contributed by atoms with E-state index < -0.39 is 0 Å². The van der Waals surface area contributed by atoms with Gasteiger partial charge in [0.05, 0.1) is 16.8 Å². The van der Waals surface area contributed by atoms with Gasteiger partial charge >= 0.3 is 0 Å². The molecule has 4 heteroatoms. The number of rotatable bonds is 2. The smallest absolute Gasteiger partial charge is 0.213 e. The number of halogens is 1. The Morgan fingerprint density at radius 3 is 2.65 bits per heavy atom. The molecule has 2 aromatic carbocycles. The van der Waals surface area contributed by atoms with Gasteiger partial charge in [0.1, 0.15) is 5.75 Å². The van der Waals surface area contributed by atoms with Gasteiger partial charge in [-0.3, -0.25) is 0 Å². The van der Waals surface area contributed by atoms with Crippen LogP contribution in [0.15, 0.2) is 53.0 Å². The molecule has 3 rings (SSSR count). The predicted molar refractivity (Wildman–Crippen MR) is 84.3 cm³/mol. The first-order chi connectivity index (χ1) is 9.63. The number of fused-ring (bicyclic) bond motifs is 1. The van der Waals surface area contributed by atoms with Gasteiger partial charge in [-0.25, -0.2) is 4.98 Å². The fraction of sp³-hybridized carbons (Fsp3) is 0.0625. The zero-order valence-corrected chi connectivity index (χ0v) is 12.5. The number of phenolic OH excluding ortho intramolecular Hbond substituents is 1. The summed E-state index contributed by atoms with van der Waals surface area (Å²) >= 11 is 3.49. The van der Waals surface area contributed by atoms with E-state index in [1.54, 1.807) is 12.1 Å². The number of hydrogen-bond donors (Lipinski definition) is 2. The number of nitrogens with one attached hydrogen (secondary N) is 2. The molecule has 0 unspecified atom stereocenters. The van der Waals surface area contributed by atoms with Crippen LogP contribution in [0.1, 0.15) is 5.69 Å². The Morgan fingerprint density at radius 1 is 1.05 bits per heavy atom. The Morgan fingerprint density at radius 2 is 1.85 bits per heavy atom. The molecule has 100 valence electrons. The van der Waals surface area contributed by atoms with Crippen molar-refractivity contribution in [3.63, 3.8) is 0 Å². The number of para-hydroxylation sites is 2. The zero-order chi connectivity index (χ0) is 14.1. The summed E-state index contributed by atoms with van der Waals surface area (Å²) in [6.07, 6.45) is 0. The third-order valence-corrected chi connectivity index (χ3v) is 3.63. The van der Waals surface area contributed by atoms with Crippen molar-refractivity contribution in [1.29, 1.82) is 0 Å². The number of aromatic nitrogens is 1. The van der Waals surface area contributed by atoms with Crippen LogP contribution in [0.3, 0.4) is 0 Å². The predicted octanol–water partition coefficient (Wildman–Crippen LogP) is 4.17. The number of aryl methyl sites for hydroxylation is 1. The monoisotopic (exact) mass is 329 g/mol. The maximum atomic E-state index is 9.89. The molecular weight excluding hydrogens is 316 g/mol. The summed E-state index contributed by atoms with van der Waals surface area (Å²) in [6, 6.07) is 15.3. The van der Waals surface area contributed by atoms with Gasteiger partial charge in [-0.2, -0.15) is 0 Å². The van der Waals surface area contributed by atoms with Crippen LogP contribution in [0.2, 0.25) is 0 Å². The molecule has 0 amide bonds. The quantitative estimate of drug-likeness (QED) is 0.693. The summed E-state index contributed by atoms with van der Waals surface area (Å²) in [5, 5.41) is 14.2.